The van der Waals surface area contributed by atoms with Crippen LogP contribution in [0.25, 0.3) is 0 Å². The molecule has 0 fully saturated rings. The Bertz CT molecular complexity index is 541. The van der Waals surface area contributed by atoms with E-state index >= 15 is 0 Å². The zero-order chi connectivity index (χ0) is 14.4. The van der Waals surface area contributed by atoms with E-state index in [9.17, 15) is 4.79 Å². The standard InChI is InChI=1S/C17H19NOS/c1-13(15-9-5-3-6-10-15)18-17(19)14(2)20-16-11-7-4-8-12-16/h3-14H,1-2H3,(H,18,19)/t13-,14+/m0/s1. The molecule has 0 aromatic heterocycles. The molecular weight excluding hydrogens is 266 g/mol. The summed E-state index contributed by atoms with van der Waals surface area (Å²) in [6, 6.07) is 20.0. The zero-order valence-electron chi connectivity index (χ0n) is 11.7. The van der Waals surface area contributed by atoms with Crippen molar-refractivity contribution in [3.8, 4) is 0 Å². The van der Waals surface area contributed by atoms with Crippen LogP contribution in [0, 0.1) is 0 Å². The lowest BCUT2D eigenvalue weighted by Gasteiger charge is -2.17. The number of hydrogen-bond acceptors (Lipinski definition) is 2. The van der Waals surface area contributed by atoms with Crippen molar-refractivity contribution in [1.29, 1.82) is 0 Å². The van der Waals surface area contributed by atoms with E-state index in [1.807, 2.05) is 74.5 Å². The molecule has 1 amide bonds. The lowest BCUT2D eigenvalue weighted by Crippen LogP contribution is -2.33. The average molecular weight is 285 g/mol. The van der Waals surface area contributed by atoms with Gasteiger partial charge in [-0.1, -0.05) is 48.5 Å². The van der Waals surface area contributed by atoms with Gasteiger partial charge in [0.15, 0.2) is 0 Å². The molecule has 0 aliphatic rings. The third kappa shape index (κ3) is 4.14. The van der Waals surface area contributed by atoms with E-state index in [2.05, 4.69) is 5.32 Å². The molecule has 2 atom stereocenters. The van der Waals surface area contributed by atoms with Gasteiger partial charge in [0.1, 0.15) is 0 Å². The Kier molecular flexibility index (Phi) is 5.24. The van der Waals surface area contributed by atoms with Crippen LogP contribution in [0.15, 0.2) is 65.6 Å². The summed E-state index contributed by atoms with van der Waals surface area (Å²) in [5, 5.41) is 2.95. The molecule has 0 radical (unpaired) electrons. The Morgan fingerprint density at radius 3 is 2.10 bits per heavy atom. The number of hydrogen-bond donors (Lipinski definition) is 1. The molecule has 2 nitrogen and oxygen atoms in total. The van der Waals surface area contributed by atoms with Gasteiger partial charge in [-0.2, -0.15) is 0 Å². The first-order valence-electron chi connectivity index (χ1n) is 6.74. The Morgan fingerprint density at radius 2 is 1.50 bits per heavy atom. The van der Waals surface area contributed by atoms with Gasteiger partial charge in [-0.15, -0.1) is 11.8 Å². The highest BCUT2D eigenvalue weighted by Crippen LogP contribution is 2.23. The van der Waals surface area contributed by atoms with Crippen molar-refractivity contribution in [2.75, 3.05) is 0 Å². The lowest BCUT2D eigenvalue weighted by molar-refractivity contribution is -0.120. The number of nitrogens with one attached hydrogen (secondary N) is 1. The van der Waals surface area contributed by atoms with Crippen LogP contribution < -0.4 is 5.32 Å². The van der Waals surface area contributed by atoms with E-state index in [4.69, 9.17) is 0 Å². The van der Waals surface area contributed by atoms with Gasteiger partial charge < -0.3 is 5.32 Å². The van der Waals surface area contributed by atoms with Crippen molar-refractivity contribution in [2.24, 2.45) is 0 Å². The van der Waals surface area contributed by atoms with Gasteiger partial charge >= 0.3 is 0 Å². The van der Waals surface area contributed by atoms with Crippen LogP contribution in [0.5, 0.6) is 0 Å². The van der Waals surface area contributed by atoms with Crippen LogP contribution >= 0.6 is 11.8 Å². The van der Waals surface area contributed by atoms with E-state index in [1.54, 1.807) is 11.8 Å². The van der Waals surface area contributed by atoms with E-state index in [1.165, 1.54) is 0 Å². The largest absolute Gasteiger partial charge is 0.349 e. The summed E-state index contributed by atoms with van der Waals surface area (Å²) < 4.78 is 0. The molecule has 0 aliphatic carbocycles. The minimum atomic E-state index is -0.108. The van der Waals surface area contributed by atoms with Crippen molar-refractivity contribution < 1.29 is 4.79 Å². The number of carbonyl (C=O) groups excluding carboxylic acids is 1. The molecule has 0 unspecified atom stereocenters. The second kappa shape index (κ2) is 7.15. The van der Waals surface area contributed by atoms with Crippen LogP contribution in [0.2, 0.25) is 0 Å². The Balaban J connectivity index is 1.91. The van der Waals surface area contributed by atoms with Crippen molar-refractivity contribution in [3.63, 3.8) is 0 Å². The number of amides is 1. The molecule has 0 bridgehead atoms. The first-order valence-corrected chi connectivity index (χ1v) is 7.62. The summed E-state index contributed by atoms with van der Waals surface area (Å²) in [5.74, 6) is 0.0650. The van der Waals surface area contributed by atoms with Crippen LogP contribution in [-0.4, -0.2) is 11.2 Å². The number of benzene rings is 2. The van der Waals surface area contributed by atoms with Crippen LogP contribution in [0.3, 0.4) is 0 Å². The summed E-state index contributed by atoms with van der Waals surface area (Å²) in [4.78, 5) is 13.3. The number of carbonyl (C=O) groups is 1. The number of thioether (sulfide) groups is 1. The second-order valence-corrected chi connectivity index (χ2v) is 6.13. The lowest BCUT2D eigenvalue weighted by atomic mass is 10.1. The van der Waals surface area contributed by atoms with Crippen molar-refractivity contribution in [3.05, 3.63) is 66.2 Å². The minimum absolute atomic E-state index is 0.0301. The summed E-state index contributed by atoms with van der Waals surface area (Å²) in [7, 11) is 0. The third-order valence-corrected chi connectivity index (χ3v) is 4.20. The van der Waals surface area contributed by atoms with E-state index < -0.39 is 0 Å². The van der Waals surface area contributed by atoms with Gasteiger partial charge in [-0.05, 0) is 31.5 Å². The molecule has 104 valence electrons. The maximum absolute atomic E-state index is 12.2. The monoisotopic (exact) mass is 285 g/mol. The maximum Gasteiger partial charge on any atom is 0.233 e. The molecule has 3 heteroatoms. The zero-order valence-corrected chi connectivity index (χ0v) is 12.6. The van der Waals surface area contributed by atoms with Gasteiger partial charge in [0, 0.05) is 4.90 Å². The minimum Gasteiger partial charge on any atom is -0.349 e. The van der Waals surface area contributed by atoms with Gasteiger partial charge in [-0.3, -0.25) is 4.79 Å². The van der Waals surface area contributed by atoms with Gasteiger partial charge in [0.25, 0.3) is 0 Å². The fourth-order valence-corrected chi connectivity index (χ4v) is 2.81. The molecule has 2 aromatic carbocycles. The predicted molar refractivity (Wildman–Crippen MR) is 84.8 cm³/mol. The highest BCUT2D eigenvalue weighted by atomic mass is 32.2. The van der Waals surface area contributed by atoms with Gasteiger partial charge in [0.2, 0.25) is 5.91 Å². The molecule has 0 heterocycles. The highest BCUT2D eigenvalue weighted by Gasteiger charge is 2.16. The Hall–Kier alpha value is -1.74. The predicted octanol–water partition coefficient (Wildman–Crippen LogP) is 4.04. The van der Waals surface area contributed by atoms with E-state index in [0.717, 1.165) is 10.5 Å². The molecular formula is C17H19NOS. The van der Waals surface area contributed by atoms with Crippen molar-refractivity contribution in [2.45, 2.75) is 30.0 Å². The van der Waals surface area contributed by atoms with Crippen molar-refractivity contribution >= 4 is 17.7 Å². The quantitative estimate of drug-likeness (QED) is 0.840. The third-order valence-electron chi connectivity index (χ3n) is 3.08. The smallest absolute Gasteiger partial charge is 0.233 e. The fourth-order valence-electron chi connectivity index (χ4n) is 1.91. The Morgan fingerprint density at radius 1 is 0.950 bits per heavy atom. The molecule has 2 aromatic rings. The van der Waals surface area contributed by atoms with Gasteiger partial charge in [0.05, 0.1) is 11.3 Å². The summed E-state index contributed by atoms with van der Waals surface area (Å²) >= 11 is 1.58. The molecule has 2 rings (SSSR count). The Labute approximate surface area is 124 Å². The van der Waals surface area contributed by atoms with Crippen molar-refractivity contribution in [1.82, 2.24) is 5.32 Å². The fraction of sp³-hybridized carbons (Fsp3) is 0.235. The first kappa shape index (κ1) is 14.7. The van der Waals surface area contributed by atoms with Crippen LogP contribution in [0.1, 0.15) is 25.5 Å². The van der Waals surface area contributed by atoms with Crippen LogP contribution in [0.4, 0.5) is 0 Å². The molecule has 1 N–H and O–H groups in total. The van der Waals surface area contributed by atoms with Crippen LogP contribution in [-0.2, 0) is 4.79 Å². The topological polar surface area (TPSA) is 29.1 Å². The molecule has 0 saturated heterocycles. The van der Waals surface area contributed by atoms with E-state index in [-0.39, 0.29) is 17.2 Å². The first-order chi connectivity index (χ1) is 9.66. The highest BCUT2D eigenvalue weighted by molar-refractivity contribution is 8.00. The molecule has 20 heavy (non-hydrogen) atoms. The summed E-state index contributed by atoms with van der Waals surface area (Å²) in [6.45, 7) is 3.94. The maximum atomic E-state index is 12.2. The number of rotatable bonds is 5. The summed E-state index contributed by atoms with van der Waals surface area (Å²) in [5.41, 5.74) is 1.12. The summed E-state index contributed by atoms with van der Waals surface area (Å²) in [6.07, 6.45) is 0. The SMILES string of the molecule is C[C@H](NC(=O)[C@@H](C)Sc1ccccc1)c1ccccc1. The normalized spacial score (nSPS) is 13.5. The molecule has 0 aliphatic heterocycles. The molecule has 0 spiro atoms. The molecule has 0 saturated carbocycles. The van der Waals surface area contributed by atoms with Gasteiger partial charge in [-0.25, -0.2) is 0 Å². The van der Waals surface area contributed by atoms with E-state index in [0.29, 0.717) is 0 Å². The second-order valence-electron chi connectivity index (χ2n) is 4.71. The average Bonchev–Trinajstić information content (AvgIpc) is 2.49.